The van der Waals surface area contributed by atoms with Crippen LogP contribution in [0, 0.1) is 17.8 Å². The van der Waals surface area contributed by atoms with Crippen molar-refractivity contribution >= 4 is 0 Å². The summed E-state index contributed by atoms with van der Waals surface area (Å²) in [7, 11) is 0. The summed E-state index contributed by atoms with van der Waals surface area (Å²) in [4.78, 5) is 2.74. The van der Waals surface area contributed by atoms with Gasteiger partial charge in [-0.25, -0.2) is 0 Å². The molecule has 0 bridgehead atoms. The smallest absolute Gasteiger partial charge is 0.0223 e. The highest BCUT2D eigenvalue weighted by Crippen LogP contribution is 2.29. The maximum atomic E-state index is 3.87. The summed E-state index contributed by atoms with van der Waals surface area (Å²) in [5.41, 5.74) is 0. The minimum atomic E-state index is 0.751. The topological polar surface area (TPSA) is 15.3 Å². The third-order valence-corrected chi connectivity index (χ3v) is 5.58. The first-order chi connectivity index (χ1) is 9.70. The van der Waals surface area contributed by atoms with Gasteiger partial charge in [0, 0.05) is 19.1 Å². The van der Waals surface area contributed by atoms with Gasteiger partial charge in [0.15, 0.2) is 0 Å². The molecule has 1 aliphatic heterocycles. The van der Waals surface area contributed by atoms with Gasteiger partial charge >= 0.3 is 0 Å². The van der Waals surface area contributed by atoms with Crippen LogP contribution in [0.1, 0.15) is 65.7 Å². The van der Waals surface area contributed by atoms with E-state index in [9.17, 15) is 0 Å². The van der Waals surface area contributed by atoms with E-state index in [1.54, 1.807) is 0 Å². The van der Waals surface area contributed by atoms with Crippen LogP contribution in [0.3, 0.4) is 0 Å². The van der Waals surface area contributed by atoms with Crippen LogP contribution in [0.4, 0.5) is 0 Å². The Hall–Kier alpha value is -0.0800. The molecule has 2 heteroatoms. The van der Waals surface area contributed by atoms with E-state index in [0.29, 0.717) is 0 Å². The third-order valence-electron chi connectivity index (χ3n) is 5.58. The van der Waals surface area contributed by atoms with Gasteiger partial charge in [-0.1, -0.05) is 40.0 Å². The summed E-state index contributed by atoms with van der Waals surface area (Å²) >= 11 is 0. The molecule has 1 saturated heterocycles. The van der Waals surface area contributed by atoms with Gasteiger partial charge in [0.1, 0.15) is 0 Å². The standard InChI is InChI=1S/C18H36N2/c1-4-11-19-18(16-8-6-5-7-9-16)14-20-12-10-17(13-20)15(2)3/h15-19H,4-14H2,1-3H3. The van der Waals surface area contributed by atoms with E-state index in [4.69, 9.17) is 0 Å². The molecule has 1 saturated carbocycles. The highest BCUT2D eigenvalue weighted by atomic mass is 15.2. The van der Waals surface area contributed by atoms with Crippen molar-refractivity contribution in [3.05, 3.63) is 0 Å². The Bertz CT molecular complexity index is 258. The fourth-order valence-corrected chi connectivity index (χ4v) is 4.10. The van der Waals surface area contributed by atoms with Crippen molar-refractivity contribution in [3.8, 4) is 0 Å². The maximum Gasteiger partial charge on any atom is 0.0223 e. The molecule has 0 radical (unpaired) electrons. The molecular formula is C18H36N2. The normalized spacial score (nSPS) is 27.3. The van der Waals surface area contributed by atoms with Crippen LogP contribution < -0.4 is 5.32 Å². The Kier molecular flexibility index (Phi) is 6.83. The van der Waals surface area contributed by atoms with Crippen molar-refractivity contribution in [1.29, 1.82) is 0 Å². The fourth-order valence-electron chi connectivity index (χ4n) is 4.10. The van der Waals surface area contributed by atoms with E-state index in [1.165, 1.54) is 71.1 Å². The van der Waals surface area contributed by atoms with Gasteiger partial charge < -0.3 is 10.2 Å². The highest BCUT2D eigenvalue weighted by Gasteiger charge is 2.29. The minimum Gasteiger partial charge on any atom is -0.312 e. The quantitative estimate of drug-likeness (QED) is 0.760. The van der Waals surface area contributed by atoms with Gasteiger partial charge in [0.2, 0.25) is 0 Å². The second kappa shape index (κ2) is 8.38. The van der Waals surface area contributed by atoms with Crippen molar-refractivity contribution in [2.75, 3.05) is 26.2 Å². The largest absolute Gasteiger partial charge is 0.312 e. The van der Waals surface area contributed by atoms with Crippen LogP contribution in [-0.4, -0.2) is 37.1 Å². The molecule has 2 fully saturated rings. The van der Waals surface area contributed by atoms with E-state index in [-0.39, 0.29) is 0 Å². The van der Waals surface area contributed by atoms with E-state index in [2.05, 4.69) is 31.0 Å². The van der Waals surface area contributed by atoms with Gasteiger partial charge in [-0.3, -0.25) is 0 Å². The summed E-state index contributed by atoms with van der Waals surface area (Å²) in [5, 5.41) is 3.87. The molecule has 0 spiro atoms. The maximum absolute atomic E-state index is 3.87. The van der Waals surface area contributed by atoms with E-state index in [1.807, 2.05) is 0 Å². The molecule has 0 aromatic rings. The lowest BCUT2D eigenvalue weighted by Gasteiger charge is -2.34. The fraction of sp³-hybridized carbons (Fsp3) is 1.00. The lowest BCUT2D eigenvalue weighted by atomic mass is 9.83. The molecule has 0 aromatic heterocycles. The third kappa shape index (κ3) is 4.73. The molecule has 20 heavy (non-hydrogen) atoms. The number of hydrogen-bond acceptors (Lipinski definition) is 2. The first kappa shape index (κ1) is 16.3. The van der Waals surface area contributed by atoms with E-state index in [0.717, 1.165) is 23.8 Å². The van der Waals surface area contributed by atoms with Crippen LogP contribution >= 0.6 is 0 Å². The van der Waals surface area contributed by atoms with Crippen LogP contribution in [0.5, 0.6) is 0 Å². The minimum absolute atomic E-state index is 0.751. The Morgan fingerprint density at radius 1 is 1.05 bits per heavy atom. The molecule has 2 atom stereocenters. The van der Waals surface area contributed by atoms with E-state index >= 15 is 0 Å². The van der Waals surface area contributed by atoms with Crippen molar-refractivity contribution < 1.29 is 0 Å². The lowest BCUT2D eigenvalue weighted by molar-refractivity contribution is 0.198. The van der Waals surface area contributed by atoms with Gasteiger partial charge in [0.05, 0.1) is 0 Å². The zero-order chi connectivity index (χ0) is 14.4. The molecular weight excluding hydrogens is 244 g/mol. The van der Waals surface area contributed by atoms with Gasteiger partial charge in [0.25, 0.3) is 0 Å². The second-order valence-corrected chi connectivity index (χ2v) is 7.51. The molecule has 1 aliphatic carbocycles. The number of rotatable bonds is 7. The highest BCUT2D eigenvalue weighted by molar-refractivity contribution is 4.86. The number of likely N-dealkylation sites (tertiary alicyclic amines) is 1. The van der Waals surface area contributed by atoms with Gasteiger partial charge in [-0.2, -0.15) is 0 Å². The van der Waals surface area contributed by atoms with Crippen LogP contribution in [0.2, 0.25) is 0 Å². The van der Waals surface area contributed by atoms with Crippen molar-refractivity contribution in [1.82, 2.24) is 10.2 Å². The Morgan fingerprint density at radius 2 is 1.80 bits per heavy atom. The number of nitrogens with one attached hydrogen (secondary N) is 1. The predicted octanol–water partition coefficient (Wildman–Crippen LogP) is 3.91. The molecule has 2 aliphatic rings. The second-order valence-electron chi connectivity index (χ2n) is 7.51. The first-order valence-electron chi connectivity index (χ1n) is 9.16. The van der Waals surface area contributed by atoms with Gasteiger partial charge in [-0.15, -0.1) is 0 Å². The van der Waals surface area contributed by atoms with Crippen LogP contribution in [0.25, 0.3) is 0 Å². The Labute approximate surface area is 126 Å². The summed E-state index contributed by atoms with van der Waals surface area (Å²) in [5.74, 6) is 2.73. The number of nitrogens with zero attached hydrogens (tertiary/aromatic N) is 1. The number of hydrogen-bond donors (Lipinski definition) is 1. The first-order valence-corrected chi connectivity index (χ1v) is 9.16. The zero-order valence-electron chi connectivity index (χ0n) is 14.0. The average molecular weight is 281 g/mol. The van der Waals surface area contributed by atoms with Crippen LogP contribution in [0.15, 0.2) is 0 Å². The average Bonchev–Trinajstić information content (AvgIpc) is 2.93. The molecule has 1 heterocycles. The van der Waals surface area contributed by atoms with Crippen molar-refractivity contribution in [3.63, 3.8) is 0 Å². The molecule has 0 amide bonds. The summed E-state index contributed by atoms with van der Waals surface area (Å²) in [6, 6.07) is 0.751. The van der Waals surface area contributed by atoms with E-state index < -0.39 is 0 Å². The van der Waals surface area contributed by atoms with Gasteiger partial charge in [-0.05, 0) is 56.5 Å². The molecule has 118 valence electrons. The van der Waals surface area contributed by atoms with Crippen molar-refractivity contribution in [2.24, 2.45) is 17.8 Å². The molecule has 1 N–H and O–H groups in total. The monoisotopic (exact) mass is 280 g/mol. The SMILES string of the molecule is CCCNC(CN1CCC(C(C)C)C1)C1CCCCC1. The predicted molar refractivity (Wildman–Crippen MR) is 88.0 cm³/mol. The van der Waals surface area contributed by atoms with Crippen molar-refractivity contribution in [2.45, 2.75) is 71.8 Å². The summed E-state index contributed by atoms with van der Waals surface area (Å²) < 4.78 is 0. The Balaban J connectivity index is 1.83. The molecule has 2 unspecified atom stereocenters. The Morgan fingerprint density at radius 3 is 2.40 bits per heavy atom. The molecule has 2 rings (SSSR count). The lowest BCUT2D eigenvalue weighted by Crippen LogP contribution is -2.46. The molecule has 2 nitrogen and oxygen atoms in total. The molecule has 0 aromatic carbocycles. The van der Waals surface area contributed by atoms with Crippen LogP contribution in [-0.2, 0) is 0 Å². The zero-order valence-corrected chi connectivity index (χ0v) is 14.0. The summed E-state index contributed by atoms with van der Waals surface area (Å²) in [6.45, 7) is 12.2. The summed E-state index contributed by atoms with van der Waals surface area (Å²) in [6.07, 6.45) is 10.00.